The van der Waals surface area contributed by atoms with E-state index in [1.54, 1.807) is 0 Å². The SMILES string of the molecule is O=S1(=O)Cc2cc(-c3ccc4oc5ccccc5c4c3)ccc2-c2cc(-c3ccc4c(c3)oc3ccccc34)ccc2C1. The van der Waals surface area contributed by atoms with Crippen molar-refractivity contribution >= 4 is 53.7 Å². The zero-order chi connectivity index (χ0) is 28.7. The normalized spacial score (nSPS) is 14.2. The molecule has 6 aromatic carbocycles. The lowest BCUT2D eigenvalue weighted by Crippen LogP contribution is -2.05. The van der Waals surface area contributed by atoms with E-state index in [2.05, 4.69) is 54.6 Å². The number of rotatable bonds is 2. The maximum atomic E-state index is 13.3. The summed E-state index contributed by atoms with van der Waals surface area (Å²) in [7, 11) is -3.35. The van der Waals surface area contributed by atoms with Gasteiger partial charge in [0, 0.05) is 21.5 Å². The van der Waals surface area contributed by atoms with Gasteiger partial charge in [0.15, 0.2) is 9.84 Å². The summed E-state index contributed by atoms with van der Waals surface area (Å²) in [6.45, 7) is 0. The highest BCUT2D eigenvalue weighted by molar-refractivity contribution is 7.89. The molecule has 8 aromatic rings. The number of hydrogen-bond donors (Lipinski definition) is 0. The van der Waals surface area contributed by atoms with Crippen LogP contribution in [0.25, 0.3) is 77.3 Å². The van der Waals surface area contributed by atoms with Crippen LogP contribution >= 0.6 is 0 Å². The average Bonchev–Trinajstić information content (AvgIpc) is 3.55. The predicted octanol–water partition coefficient (Wildman–Crippen LogP) is 9.91. The quantitative estimate of drug-likeness (QED) is 0.205. The number of furan rings is 2. The Balaban J connectivity index is 1.17. The molecule has 1 aliphatic rings. The topological polar surface area (TPSA) is 60.4 Å². The zero-order valence-corrected chi connectivity index (χ0v) is 23.8. The number of benzene rings is 6. The lowest BCUT2D eigenvalue weighted by molar-refractivity contribution is 0.595. The first kappa shape index (κ1) is 24.5. The Morgan fingerprint density at radius 3 is 1.81 bits per heavy atom. The average molecular weight is 577 g/mol. The van der Waals surface area contributed by atoms with E-state index in [1.807, 2.05) is 66.7 Å². The first-order chi connectivity index (χ1) is 21.0. The van der Waals surface area contributed by atoms with E-state index < -0.39 is 9.84 Å². The Morgan fingerprint density at radius 2 is 0.977 bits per heavy atom. The molecule has 0 spiro atoms. The van der Waals surface area contributed by atoms with E-state index in [-0.39, 0.29) is 11.5 Å². The molecule has 43 heavy (non-hydrogen) atoms. The lowest BCUT2D eigenvalue weighted by atomic mass is 9.90. The Morgan fingerprint density at radius 1 is 0.419 bits per heavy atom. The van der Waals surface area contributed by atoms with Crippen LogP contribution in [0.1, 0.15) is 11.1 Å². The molecule has 5 heteroatoms. The monoisotopic (exact) mass is 576 g/mol. The van der Waals surface area contributed by atoms with Crippen LogP contribution in [0.3, 0.4) is 0 Å². The van der Waals surface area contributed by atoms with Crippen LogP contribution < -0.4 is 0 Å². The fraction of sp³-hybridized carbons (Fsp3) is 0.0526. The molecular formula is C38H24O4S. The molecule has 2 aromatic heterocycles. The standard InChI is InChI=1S/C38H24O4S/c39-43(40)21-27-10-9-24(26-12-15-32-30-5-1-3-7-35(30)42-38(32)20-26)18-33(27)29-14-11-23(17-28(29)22-43)25-13-16-37-34(19-25)31-6-2-4-8-36(31)41-37/h1-20H,21-22H2. The minimum Gasteiger partial charge on any atom is -0.456 e. The van der Waals surface area contributed by atoms with Gasteiger partial charge in [0.2, 0.25) is 0 Å². The molecule has 3 heterocycles. The summed E-state index contributed by atoms with van der Waals surface area (Å²) >= 11 is 0. The van der Waals surface area contributed by atoms with E-state index in [4.69, 9.17) is 8.83 Å². The third-order valence-electron chi connectivity index (χ3n) is 8.68. The molecule has 0 unspecified atom stereocenters. The van der Waals surface area contributed by atoms with Gasteiger partial charge in [-0.1, -0.05) is 72.8 Å². The number of para-hydroxylation sites is 2. The summed E-state index contributed by atoms with van der Waals surface area (Å²) in [5.41, 5.74) is 11.0. The summed E-state index contributed by atoms with van der Waals surface area (Å²) in [5, 5.41) is 4.30. The Hall–Kier alpha value is -5.13. The highest BCUT2D eigenvalue weighted by Crippen LogP contribution is 2.40. The van der Waals surface area contributed by atoms with Gasteiger partial charge in [0.25, 0.3) is 0 Å². The second kappa shape index (κ2) is 8.93. The van der Waals surface area contributed by atoms with Gasteiger partial charge in [-0.05, 0) is 93.0 Å². The molecule has 4 nitrogen and oxygen atoms in total. The van der Waals surface area contributed by atoms with Crippen molar-refractivity contribution < 1.29 is 17.3 Å². The summed E-state index contributed by atoms with van der Waals surface area (Å²) in [6, 6.07) is 40.9. The van der Waals surface area contributed by atoms with Crippen molar-refractivity contribution in [2.75, 3.05) is 0 Å². The molecule has 9 rings (SSSR count). The largest absolute Gasteiger partial charge is 0.456 e. The van der Waals surface area contributed by atoms with Gasteiger partial charge in [-0.15, -0.1) is 0 Å². The van der Waals surface area contributed by atoms with Gasteiger partial charge in [0.05, 0.1) is 11.5 Å². The summed E-state index contributed by atoms with van der Waals surface area (Å²) in [6.07, 6.45) is 0. The molecule has 0 aliphatic carbocycles. The van der Waals surface area contributed by atoms with Gasteiger partial charge >= 0.3 is 0 Å². The van der Waals surface area contributed by atoms with Crippen molar-refractivity contribution in [1.29, 1.82) is 0 Å². The molecule has 0 fully saturated rings. The van der Waals surface area contributed by atoms with Crippen LogP contribution in [0.5, 0.6) is 0 Å². The van der Waals surface area contributed by atoms with E-state index in [9.17, 15) is 8.42 Å². The summed E-state index contributed by atoms with van der Waals surface area (Å²) in [4.78, 5) is 0. The highest BCUT2D eigenvalue weighted by atomic mass is 32.2. The number of sulfone groups is 1. The summed E-state index contributed by atoms with van der Waals surface area (Å²) < 4.78 is 38.7. The van der Waals surface area contributed by atoms with Crippen molar-refractivity contribution in [2.45, 2.75) is 11.5 Å². The molecule has 0 N–H and O–H groups in total. The fourth-order valence-corrected chi connectivity index (χ4v) is 8.16. The van der Waals surface area contributed by atoms with E-state index in [0.29, 0.717) is 0 Å². The van der Waals surface area contributed by atoms with Crippen molar-refractivity contribution in [2.24, 2.45) is 0 Å². The van der Waals surface area contributed by atoms with Crippen molar-refractivity contribution in [3.05, 3.63) is 132 Å². The lowest BCUT2D eigenvalue weighted by Gasteiger charge is -2.13. The van der Waals surface area contributed by atoms with Crippen LogP contribution in [0.4, 0.5) is 0 Å². The molecule has 0 saturated carbocycles. The molecule has 0 saturated heterocycles. The molecule has 1 aliphatic heterocycles. The maximum absolute atomic E-state index is 13.3. The van der Waals surface area contributed by atoms with E-state index in [0.717, 1.165) is 88.4 Å². The predicted molar refractivity (Wildman–Crippen MR) is 174 cm³/mol. The molecule has 0 amide bonds. The molecular weight excluding hydrogens is 552 g/mol. The third kappa shape index (κ3) is 3.93. The second-order valence-corrected chi connectivity index (χ2v) is 13.5. The van der Waals surface area contributed by atoms with Gasteiger partial charge in [-0.2, -0.15) is 0 Å². The van der Waals surface area contributed by atoms with Crippen molar-refractivity contribution in [1.82, 2.24) is 0 Å². The first-order valence-electron chi connectivity index (χ1n) is 14.3. The van der Waals surface area contributed by atoms with Gasteiger partial charge in [0.1, 0.15) is 22.3 Å². The third-order valence-corrected chi connectivity index (χ3v) is 10.2. The zero-order valence-electron chi connectivity index (χ0n) is 23.0. The van der Waals surface area contributed by atoms with Crippen LogP contribution in [0, 0.1) is 0 Å². The molecule has 206 valence electrons. The number of fused-ring (bicyclic) bond motifs is 9. The van der Waals surface area contributed by atoms with Crippen LogP contribution in [-0.2, 0) is 21.3 Å². The Labute approximate surface area is 247 Å². The summed E-state index contributed by atoms with van der Waals surface area (Å²) in [5.74, 6) is 0.0181. The van der Waals surface area contributed by atoms with E-state index in [1.165, 1.54) is 0 Å². The van der Waals surface area contributed by atoms with E-state index >= 15 is 0 Å². The van der Waals surface area contributed by atoms with Gasteiger partial charge in [-0.25, -0.2) is 8.42 Å². The Bertz CT molecular complexity index is 2530. The van der Waals surface area contributed by atoms with Crippen molar-refractivity contribution in [3.8, 4) is 33.4 Å². The van der Waals surface area contributed by atoms with Crippen LogP contribution in [0.15, 0.2) is 130 Å². The van der Waals surface area contributed by atoms with Crippen molar-refractivity contribution in [3.63, 3.8) is 0 Å². The molecule has 0 radical (unpaired) electrons. The van der Waals surface area contributed by atoms with Crippen LogP contribution in [-0.4, -0.2) is 8.42 Å². The van der Waals surface area contributed by atoms with Gasteiger partial charge < -0.3 is 8.83 Å². The smallest absolute Gasteiger partial charge is 0.158 e. The van der Waals surface area contributed by atoms with Crippen LogP contribution in [0.2, 0.25) is 0 Å². The minimum atomic E-state index is -3.35. The highest BCUT2D eigenvalue weighted by Gasteiger charge is 2.25. The Kier molecular flexibility index (Phi) is 5.08. The molecule has 0 bridgehead atoms. The maximum Gasteiger partial charge on any atom is 0.158 e. The molecule has 0 atom stereocenters. The van der Waals surface area contributed by atoms with Gasteiger partial charge in [-0.3, -0.25) is 0 Å². The second-order valence-electron chi connectivity index (χ2n) is 11.4. The first-order valence-corrected chi connectivity index (χ1v) is 16.1. The fourth-order valence-electron chi connectivity index (χ4n) is 6.62. The minimum absolute atomic E-state index is 0.00200. The number of hydrogen-bond acceptors (Lipinski definition) is 4.